The molecule has 0 atom stereocenters. The highest BCUT2D eigenvalue weighted by molar-refractivity contribution is 5.96. The molecule has 0 aliphatic rings. The normalized spacial score (nSPS) is 10.4. The van der Waals surface area contributed by atoms with Gasteiger partial charge in [-0.15, -0.1) is 0 Å². The summed E-state index contributed by atoms with van der Waals surface area (Å²) in [4.78, 5) is 13.8. The van der Waals surface area contributed by atoms with Crippen LogP contribution in [0.4, 0.5) is 0 Å². The second kappa shape index (κ2) is 7.01. The molecule has 0 aromatic heterocycles. The molecule has 0 saturated heterocycles. The molecule has 0 aliphatic heterocycles. The minimum Gasteiger partial charge on any atom is -0.507 e. The van der Waals surface area contributed by atoms with E-state index >= 15 is 0 Å². The van der Waals surface area contributed by atoms with Crippen LogP contribution in [-0.4, -0.2) is 36.1 Å². The van der Waals surface area contributed by atoms with Crippen LogP contribution >= 0.6 is 0 Å². The summed E-state index contributed by atoms with van der Waals surface area (Å²) in [5.74, 6) is -0.0941. The average molecular weight is 250 g/mol. The molecular weight excluding hydrogens is 228 g/mol. The standard InChI is InChI=1S/C14H22N2O2/c1-11-6-7-13(17)12(10-11)14(18)16(2)9-5-3-4-8-15/h6-7,10,17H,3-5,8-9,15H2,1-2H3. The van der Waals surface area contributed by atoms with Crippen molar-refractivity contribution in [2.24, 2.45) is 5.73 Å². The molecule has 100 valence electrons. The smallest absolute Gasteiger partial charge is 0.257 e. The van der Waals surface area contributed by atoms with Crippen molar-refractivity contribution in [3.8, 4) is 5.75 Å². The van der Waals surface area contributed by atoms with Crippen LogP contribution < -0.4 is 5.73 Å². The first kappa shape index (κ1) is 14.5. The fourth-order valence-corrected chi connectivity index (χ4v) is 1.80. The highest BCUT2D eigenvalue weighted by Crippen LogP contribution is 2.19. The molecule has 18 heavy (non-hydrogen) atoms. The van der Waals surface area contributed by atoms with Crippen LogP contribution in [0.2, 0.25) is 0 Å². The fraction of sp³-hybridized carbons (Fsp3) is 0.500. The Hall–Kier alpha value is -1.55. The van der Waals surface area contributed by atoms with Crippen LogP contribution in [0.15, 0.2) is 18.2 Å². The summed E-state index contributed by atoms with van der Waals surface area (Å²) in [7, 11) is 1.76. The maximum Gasteiger partial charge on any atom is 0.257 e. The van der Waals surface area contributed by atoms with Gasteiger partial charge in [0.1, 0.15) is 5.75 Å². The van der Waals surface area contributed by atoms with Gasteiger partial charge in [-0.3, -0.25) is 4.79 Å². The Morgan fingerprint density at radius 2 is 2.06 bits per heavy atom. The van der Waals surface area contributed by atoms with E-state index in [1.807, 2.05) is 6.92 Å². The third-order valence-corrected chi connectivity index (χ3v) is 2.93. The Morgan fingerprint density at radius 3 is 2.72 bits per heavy atom. The number of nitrogens with zero attached hydrogens (tertiary/aromatic N) is 1. The van der Waals surface area contributed by atoms with E-state index in [4.69, 9.17) is 5.73 Å². The molecule has 4 nitrogen and oxygen atoms in total. The molecule has 1 amide bonds. The van der Waals surface area contributed by atoms with Gasteiger partial charge in [-0.25, -0.2) is 0 Å². The van der Waals surface area contributed by atoms with Crippen LogP contribution in [0.3, 0.4) is 0 Å². The summed E-state index contributed by atoms with van der Waals surface area (Å²) in [6, 6.07) is 5.06. The summed E-state index contributed by atoms with van der Waals surface area (Å²) >= 11 is 0. The van der Waals surface area contributed by atoms with E-state index in [0.29, 0.717) is 18.7 Å². The van der Waals surface area contributed by atoms with Gasteiger partial charge in [0.05, 0.1) is 5.56 Å². The van der Waals surface area contributed by atoms with E-state index in [1.54, 1.807) is 30.1 Å². The minimum atomic E-state index is -0.135. The molecule has 0 heterocycles. The summed E-state index contributed by atoms with van der Waals surface area (Å²) in [6.45, 7) is 3.28. The second-order valence-corrected chi connectivity index (χ2v) is 4.60. The lowest BCUT2D eigenvalue weighted by Gasteiger charge is -2.18. The van der Waals surface area contributed by atoms with Gasteiger partial charge in [0.2, 0.25) is 0 Å². The Bertz CT molecular complexity index is 405. The zero-order chi connectivity index (χ0) is 13.5. The number of phenols is 1. The lowest BCUT2D eigenvalue weighted by atomic mass is 10.1. The van der Waals surface area contributed by atoms with Crippen molar-refractivity contribution in [3.63, 3.8) is 0 Å². The first-order valence-electron chi connectivity index (χ1n) is 6.31. The molecule has 3 N–H and O–H groups in total. The monoisotopic (exact) mass is 250 g/mol. The van der Waals surface area contributed by atoms with E-state index in [9.17, 15) is 9.90 Å². The third-order valence-electron chi connectivity index (χ3n) is 2.93. The van der Waals surface area contributed by atoms with Gasteiger partial charge >= 0.3 is 0 Å². The predicted molar refractivity (Wildman–Crippen MR) is 72.7 cm³/mol. The summed E-state index contributed by atoms with van der Waals surface area (Å²) in [5.41, 5.74) is 6.76. The SMILES string of the molecule is Cc1ccc(O)c(C(=O)N(C)CCCCCN)c1. The largest absolute Gasteiger partial charge is 0.507 e. The van der Waals surface area contributed by atoms with Crippen LogP contribution in [-0.2, 0) is 0 Å². The van der Waals surface area contributed by atoms with E-state index in [0.717, 1.165) is 24.8 Å². The van der Waals surface area contributed by atoms with Gasteiger partial charge in [-0.1, -0.05) is 18.1 Å². The molecule has 1 aromatic rings. The number of aryl methyl sites for hydroxylation is 1. The number of unbranched alkanes of at least 4 members (excludes halogenated alkanes) is 2. The lowest BCUT2D eigenvalue weighted by molar-refractivity contribution is 0.0789. The first-order chi connectivity index (χ1) is 8.56. The van der Waals surface area contributed by atoms with Crippen molar-refractivity contribution in [3.05, 3.63) is 29.3 Å². The molecule has 0 bridgehead atoms. The number of phenolic OH excluding ortho intramolecular Hbond substituents is 1. The van der Waals surface area contributed by atoms with Gasteiger partial charge in [0.25, 0.3) is 5.91 Å². The Labute approximate surface area is 108 Å². The van der Waals surface area contributed by atoms with Crippen LogP contribution in [0.5, 0.6) is 5.75 Å². The van der Waals surface area contributed by atoms with Crippen molar-refractivity contribution in [2.45, 2.75) is 26.2 Å². The zero-order valence-corrected chi connectivity index (χ0v) is 11.1. The molecule has 0 unspecified atom stereocenters. The number of amides is 1. The summed E-state index contributed by atoms with van der Waals surface area (Å²) in [5, 5.41) is 9.70. The molecular formula is C14H22N2O2. The third kappa shape index (κ3) is 4.04. The lowest BCUT2D eigenvalue weighted by Crippen LogP contribution is -2.28. The van der Waals surface area contributed by atoms with Gasteiger partial charge in [-0.2, -0.15) is 0 Å². The van der Waals surface area contributed by atoms with E-state index in [1.165, 1.54) is 0 Å². The van der Waals surface area contributed by atoms with Crippen molar-refractivity contribution in [2.75, 3.05) is 20.1 Å². The van der Waals surface area contributed by atoms with Crippen molar-refractivity contribution in [1.29, 1.82) is 0 Å². The van der Waals surface area contributed by atoms with Crippen LogP contribution in [0.25, 0.3) is 0 Å². The molecule has 0 spiro atoms. The van der Waals surface area contributed by atoms with E-state index in [2.05, 4.69) is 0 Å². The minimum absolute atomic E-state index is 0.0411. The van der Waals surface area contributed by atoms with E-state index in [-0.39, 0.29) is 11.7 Å². The maximum atomic E-state index is 12.1. The summed E-state index contributed by atoms with van der Waals surface area (Å²) in [6.07, 6.45) is 2.94. The predicted octanol–water partition coefficient (Wildman–Crippen LogP) is 1.90. The first-order valence-corrected chi connectivity index (χ1v) is 6.31. The average Bonchev–Trinajstić information content (AvgIpc) is 2.36. The van der Waals surface area contributed by atoms with Gasteiger partial charge in [0, 0.05) is 13.6 Å². The molecule has 1 aromatic carbocycles. The van der Waals surface area contributed by atoms with Crippen molar-refractivity contribution < 1.29 is 9.90 Å². The zero-order valence-electron chi connectivity index (χ0n) is 11.1. The van der Waals surface area contributed by atoms with Crippen LogP contribution in [0, 0.1) is 6.92 Å². The van der Waals surface area contributed by atoms with Gasteiger partial charge in [-0.05, 0) is 38.4 Å². The molecule has 4 heteroatoms. The molecule has 0 radical (unpaired) electrons. The second-order valence-electron chi connectivity index (χ2n) is 4.60. The van der Waals surface area contributed by atoms with Gasteiger partial charge < -0.3 is 15.7 Å². The Balaban J connectivity index is 2.60. The molecule has 1 rings (SSSR count). The highest BCUT2D eigenvalue weighted by Gasteiger charge is 2.15. The number of benzene rings is 1. The van der Waals surface area contributed by atoms with Gasteiger partial charge in [0.15, 0.2) is 0 Å². The number of aromatic hydroxyl groups is 1. The number of hydrogen-bond donors (Lipinski definition) is 2. The number of nitrogens with two attached hydrogens (primary N) is 1. The molecule has 0 saturated carbocycles. The topological polar surface area (TPSA) is 66.6 Å². The highest BCUT2D eigenvalue weighted by atomic mass is 16.3. The Morgan fingerprint density at radius 1 is 1.33 bits per heavy atom. The number of carbonyl (C=O) groups is 1. The number of hydrogen-bond acceptors (Lipinski definition) is 3. The van der Waals surface area contributed by atoms with Crippen molar-refractivity contribution in [1.82, 2.24) is 4.90 Å². The maximum absolute atomic E-state index is 12.1. The Kier molecular flexibility index (Phi) is 5.65. The molecule has 0 fully saturated rings. The van der Waals surface area contributed by atoms with Crippen molar-refractivity contribution >= 4 is 5.91 Å². The number of rotatable bonds is 6. The molecule has 0 aliphatic carbocycles. The summed E-state index contributed by atoms with van der Waals surface area (Å²) < 4.78 is 0. The number of carbonyl (C=O) groups excluding carboxylic acids is 1. The fourth-order valence-electron chi connectivity index (χ4n) is 1.80. The quantitative estimate of drug-likeness (QED) is 0.758. The van der Waals surface area contributed by atoms with E-state index < -0.39 is 0 Å². The van der Waals surface area contributed by atoms with Crippen LogP contribution in [0.1, 0.15) is 35.2 Å².